The van der Waals surface area contributed by atoms with Crippen LogP contribution in [-0.4, -0.2) is 45.2 Å². The number of methoxy groups -OCH3 is 2. The van der Waals surface area contributed by atoms with Crippen LogP contribution in [0, 0.1) is 0 Å². The van der Waals surface area contributed by atoms with Crippen LogP contribution in [0.1, 0.15) is 20.8 Å². The second-order valence-electron chi connectivity index (χ2n) is 3.38. The number of carbonyl (C=O) groups excluding carboxylic acids is 1. The summed E-state index contributed by atoms with van der Waals surface area (Å²) < 4.78 is 32.1. The molecular weight excluding hydrogens is 247 g/mol. The molecule has 0 aromatic carbocycles. The molecule has 17 heavy (non-hydrogen) atoms. The van der Waals surface area contributed by atoms with Crippen LogP contribution in [0.25, 0.3) is 0 Å². The van der Waals surface area contributed by atoms with E-state index in [0.717, 1.165) is 0 Å². The summed E-state index contributed by atoms with van der Waals surface area (Å²) in [5.41, 5.74) is 0. The first-order valence-electron chi connectivity index (χ1n) is 5.39. The highest BCUT2D eigenvalue weighted by Crippen LogP contribution is 2.48. The van der Waals surface area contributed by atoms with Gasteiger partial charge in [-0.25, -0.2) is 0 Å². The average Bonchev–Trinajstić information content (AvgIpc) is 2.28. The molecule has 0 atom stereocenters. The van der Waals surface area contributed by atoms with Gasteiger partial charge in [-0.1, -0.05) is 0 Å². The summed E-state index contributed by atoms with van der Waals surface area (Å²) in [6.07, 6.45) is -0.368. The predicted octanol–water partition coefficient (Wildman–Crippen LogP) is 1.83. The van der Waals surface area contributed by atoms with Crippen molar-refractivity contribution in [3.05, 3.63) is 0 Å². The Hall–Kier alpha value is -0.260. The molecule has 0 aromatic rings. The zero-order chi connectivity index (χ0) is 13.5. The van der Waals surface area contributed by atoms with Gasteiger partial charge in [-0.2, -0.15) is 0 Å². The highest BCUT2D eigenvalue weighted by atomic mass is 31.2. The van der Waals surface area contributed by atoms with Crippen molar-refractivity contribution in [1.82, 2.24) is 0 Å². The molecular formula is C10H21O6P. The van der Waals surface area contributed by atoms with Crippen LogP contribution in [0.3, 0.4) is 0 Å². The first kappa shape index (κ1) is 16.7. The standard InChI is InChI=1S/C10H21O6P/c1-6-15-17(12,16-7-2)8-9(11)10(3,13-4)14-5/h6-8H2,1-5H3. The molecule has 0 aromatic heterocycles. The molecule has 0 heterocycles. The van der Waals surface area contributed by atoms with Gasteiger partial charge in [0.05, 0.1) is 13.2 Å². The van der Waals surface area contributed by atoms with Gasteiger partial charge in [-0.05, 0) is 20.8 Å². The predicted molar refractivity (Wildman–Crippen MR) is 63.2 cm³/mol. The molecule has 0 spiro atoms. The van der Waals surface area contributed by atoms with Gasteiger partial charge in [0.2, 0.25) is 11.6 Å². The number of carbonyl (C=O) groups is 1. The normalized spacial score (nSPS) is 12.8. The van der Waals surface area contributed by atoms with E-state index in [1.807, 2.05) is 0 Å². The summed E-state index contributed by atoms with van der Waals surface area (Å²) >= 11 is 0. The Morgan fingerprint density at radius 2 is 1.53 bits per heavy atom. The third-order valence-corrected chi connectivity index (χ3v) is 4.25. The lowest BCUT2D eigenvalue weighted by atomic mass is 10.2. The summed E-state index contributed by atoms with van der Waals surface area (Å²) in [6.45, 7) is 5.24. The Balaban J connectivity index is 4.77. The van der Waals surface area contributed by atoms with E-state index in [0.29, 0.717) is 0 Å². The monoisotopic (exact) mass is 268 g/mol. The highest BCUT2D eigenvalue weighted by molar-refractivity contribution is 7.54. The van der Waals surface area contributed by atoms with Crippen LogP contribution in [0.5, 0.6) is 0 Å². The van der Waals surface area contributed by atoms with Crippen LogP contribution in [0.15, 0.2) is 0 Å². The van der Waals surface area contributed by atoms with E-state index in [4.69, 9.17) is 18.5 Å². The van der Waals surface area contributed by atoms with Gasteiger partial charge in [-0.3, -0.25) is 9.36 Å². The van der Waals surface area contributed by atoms with E-state index < -0.39 is 19.2 Å². The van der Waals surface area contributed by atoms with Crippen LogP contribution in [-0.2, 0) is 27.9 Å². The van der Waals surface area contributed by atoms with E-state index in [1.54, 1.807) is 13.8 Å². The second-order valence-corrected chi connectivity index (χ2v) is 5.44. The lowest BCUT2D eigenvalue weighted by Crippen LogP contribution is -2.41. The zero-order valence-corrected chi connectivity index (χ0v) is 11.9. The minimum Gasteiger partial charge on any atom is -0.347 e. The van der Waals surface area contributed by atoms with Crippen LogP contribution in [0.4, 0.5) is 0 Å². The minimum absolute atomic E-state index is 0.210. The molecule has 0 aliphatic heterocycles. The minimum atomic E-state index is -3.41. The third kappa shape index (κ3) is 4.85. The van der Waals surface area contributed by atoms with Crippen molar-refractivity contribution >= 4 is 13.4 Å². The maximum Gasteiger partial charge on any atom is 0.338 e. The van der Waals surface area contributed by atoms with Crippen molar-refractivity contribution in [3.8, 4) is 0 Å². The quantitative estimate of drug-likeness (QED) is 0.469. The van der Waals surface area contributed by atoms with E-state index in [9.17, 15) is 9.36 Å². The molecule has 0 aliphatic carbocycles. The molecule has 0 bridgehead atoms. The Labute approximate surface area is 102 Å². The van der Waals surface area contributed by atoms with Crippen molar-refractivity contribution in [3.63, 3.8) is 0 Å². The smallest absolute Gasteiger partial charge is 0.338 e. The number of rotatable bonds is 9. The summed E-state index contributed by atoms with van der Waals surface area (Å²) in [5, 5.41) is 0. The molecule has 0 N–H and O–H groups in total. The van der Waals surface area contributed by atoms with Crippen LogP contribution < -0.4 is 0 Å². The topological polar surface area (TPSA) is 71.1 Å². The first-order valence-corrected chi connectivity index (χ1v) is 7.12. The van der Waals surface area contributed by atoms with Gasteiger partial charge in [0, 0.05) is 14.2 Å². The fourth-order valence-corrected chi connectivity index (χ4v) is 2.84. The van der Waals surface area contributed by atoms with Crippen molar-refractivity contribution < 1.29 is 27.9 Å². The Morgan fingerprint density at radius 3 is 1.82 bits per heavy atom. The van der Waals surface area contributed by atoms with Crippen LogP contribution >= 0.6 is 7.60 Å². The number of hydrogen-bond donors (Lipinski definition) is 0. The maximum absolute atomic E-state index is 12.1. The highest BCUT2D eigenvalue weighted by Gasteiger charge is 2.39. The maximum atomic E-state index is 12.1. The second kappa shape index (κ2) is 7.24. The van der Waals surface area contributed by atoms with Gasteiger partial charge in [0.25, 0.3) is 0 Å². The Morgan fingerprint density at radius 1 is 1.12 bits per heavy atom. The zero-order valence-electron chi connectivity index (χ0n) is 11.0. The fourth-order valence-electron chi connectivity index (χ4n) is 1.15. The van der Waals surface area contributed by atoms with Crippen molar-refractivity contribution in [2.24, 2.45) is 0 Å². The number of Topliss-reactive ketones (excluding diaryl/α,β-unsaturated/α-hetero) is 1. The van der Waals surface area contributed by atoms with E-state index in [-0.39, 0.29) is 19.4 Å². The number of hydrogen-bond acceptors (Lipinski definition) is 6. The van der Waals surface area contributed by atoms with Gasteiger partial charge >= 0.3 is 7.60 Å². The summed E-state index contributed by atoms with van der Waals surface area (Å²) in [7, 11) is -0.726. The lowest BCUT2D eigenvalue weighted by Gasteiger charge is -2.26. The van der Waals surface area contributed by atoms with E-state index in [2.05, 4.69) is 0 Å². The van der Waals surface area contributed by atoms with Crippen molar-refractivity contribution in [2.45, 2.75) is 26.6 Å². The summed E-state index contributed by atoms with van der Waals surface area (Å²) in [6, 6.07) is 0. The Kier molecular flexibility index (Phi) is 7.13. The van der Waals surface area contributed by atoms with Gasteiger partial charge in [-0.15, -0.1) is 0 Å². The molecule has 7 heteroatoms. The largest absolute Gasteiger partial charge is 0.347 e. The number of ketones is 1. The molecule has 0 saturated carbocycles. The SMILES string of the molecule is CCOP(=O)(CC(=O)C(C)(OC)OC)OCC. The summed E-state index contributed by atoms with van der Waals surface area (Å²) in [5.74, 6) is -1.91. The molecule has 0 amide bonds. The fraction of sp³-hybridized carbons (Fsp3) is 0.900. The Bertz CT molecular complexity index is 277. The lowest BCUT2D eigenvalue weighted by molar-refractivity contribution is -0.196. The molecule has 0 saturated heterocycles. The molecule has 0 aliphatic rings. The van der Waals surface area contributed by atoms with Crippen LogP contribution in [0.2, 0.25) is 0 Å². The van der Waals surface area contributed by atoms with Crippen molar-refractivity contribution in [2.75, 3.05) is 33.6 Å². The molecule has 0 rings (SSSR count). The van der Waals surface area contributed by atoms with Gasteiger partial charge in [0.15, 0.2) is 0 Å². The van der Waals surface area contributed by atoms with Gasteiger partial charge in [0.1, 0.15) is 6.16 Å². The van der Waals surface area contributed by atoms with Crippen molar-refractivity contribution in [1.29, 1.82) is 0 Å². The molecule has 0 fully saturated rings. The summed E-state index contributed by atoms with van der Waals surface area (Å²) in [4.78, 5) is 11.9. The molecule has 0 unspecified atom stereocenters. The first-order chi connectivity index (χ1) is 7.87. The molecule has 0 radical (unpaired) electrons. The number of ether oxygens (including phenoxy) is 2. The molecule has 6 nitrogen and oxygen atoms in total. The average molecular weight is 268 g/mol. The molecule has 102 valence electrons. The van der Waals surface area contributed by atoms with E-state index >= 15 is 0 Å². The van der Waals surface area contributed by atoms with E-state index in [1.165, 1.54) is 21.1 Å². The van der Waals surface area contributed by atoms with Gasteiger partial charge < -0.3 is 18.5 Å². The third-order valence-electron chi connectivity index (χ3n) is 2.27.